The zero-order valence-electron chi connectivity index (χ0n) is 9.33. The van der Waals surface area contributed by atoms with Crippen LogP contribution in [-0.4, -0.2) is 9.97 Å². The molecule has 82 valence electrons. The average Bonchev–Trinajstić information content (AvgIpc) is 2.69. The lowest BCUT2D eigenvalue weighted by Gasteiger charge is -2.11. The summed E-state index contributed by atoms with van der Waals surface area (Å²) in [7, 11) is 0. The molecular formula is C12H17ClN2. The second-order valence-electron chi connectivity index (χ2n) is 4.39. The highest BCUT2D eigenvalue weighted by Gasteiger charge is 2.20. The fourth-order valence-electron chi connectivity index (χ4n) is 2.23. The number of nitrogens with zero attached hydrogens (tertiary/aromatic N) is 2. The van der Waals surface area contributed by atoms with Gasteiger partial charge in [0.15, 0.2) is 0 Å². The molecule has 0 radical (unpaired) electrons. The van der Waals surface area contributed by atoms with Gasteiger partial charge >= 0.3 is 0 Å². The maximum absolute atomic E-state index is 6.03. The van der Waals surface area contributed by atoms with Gasteiger partial charge in [-0.15, -0.1) is 11.6 Å². The standard InChI is InChI=1S/C12H17ClN2/c1-8-7-11(10-5-3-4-6-10)15-12(14-8)9(2)13/h7,9-10H,3-6H2,1-2H3. The molecule has 1 aromatic rings. The maximum atomic E-state index is 6.03. The minimum Gasteiger partial charge on any atom is -0.237 e. The third-order valence-electron chi connectivity index (χ3n) is 3.02. The first-order chi connectivity index (χ1) is 7.16. The van der Waals surface area contributed by atoms with Crippen molar-refractivity contribution in [3.8, 4) is 0 Å². The number of halogens is 1. The van der Waals surface area contributed by atoms with Gasteiger partial charge in [-0.05, 0) is 32.8 Å². The van der Waals surface area contributed by atoms with Crippen LogP contribution in [0.25, 0.3) is 0 Å². The molecule has 0 aliphatic heterocycles. The van der Waals surface area contributed by atoms with Crippen molar-refractivity contribution >= 4 is 11.6 Å². The molecule has 0 N–H and O–H groups in total. The van der Waals surface area contributed by atoms with Crippen LogP contribution in [0.1, 0.15) is 61.1 Å². The number of aryl methyl sites for hydroxylation is 1. The Kier molecular flexibility index (Phi) is 3.25. The molecule has 0 spiro atoms. The van der Waals surface area contributed by atoms with Gasteiger partial charge in [0.05, 0.1) is 5.38 Å². The summed E-state index contributed by atoms with van der Waals surface area (Å²) < 4.78 is 0. The van der Waals surface area contributed by atoms with E-state index in [0.717, 1.165) is 11.5 Å². The van der Waals surface area contributed by atoms with Gasteiger partial charge in [0.25, 0.3) is 0 Å². The Labute approximate surface area is 96.1 Å². The Morgan fingerprint density at radius 2 is 2.00 bits per heavy atom. The molecule has 2 rings (SSSR count). The molecule has 0 aromatic carbocycles. The lowest BCUT2D eigenvalue weighted by molar-refractivity contribution is 0.680. The van der Waals surface area contributed by atoms with Crippen molar-refractivity contribution in [2.45, 2.75) is 50.8 Å². The van der Waals surface area contributed by atoms with Crippen molar-refractivity contribution in [1.82, 2.24) is 9.97 Å². The molecule has 2 nitrogen and oxygen atoms in total. The molecule has 1 unspecified atom stereocenters. The third kappa shape index (κ3) is 2.49. The van der Waals surface area contributed by atoms with Crippen LogP contribution in [0, 0.1) is 6.92 Å². The highest BCUT2D eigenvalue weighted by molar-refractivity contribution is 6.20. The highest BCUT2D eigenvalue weighted by atomic mass is 35.5. The predicted molar refractivity (Wildman–Crippen MR) is 62.2 cm³/mol. The lowest BCUT2D eigenvalue weighted by atomic mass is 10.0. The smallest absolute Gasteiger partial charge is 0.146 e. The fourth-order valence-corrected chi connectivity index (χ4v) is 2.32. The van der Waals surface area contributed by atoms with Gasteiger partial charge < -0.3 is 0 Å². The van der Waals surface area contributed by atoms with E-state index in [-0.39, 0.29) is 5.38 Å². The molecule has 15 heavy (non-hydrogen) atoms. The summed E-state index contributed by atoms with van der Waals surface area (Å²) in [5.41, 5.74) is 2.23. The Hall–Kier alpha value is -0.630. The first kappa shape index (κ1) is 10.9. The van der Waals surface area contributed by atoms with Crippen molar-refractivity contribution in [2.75, 3.05) is 0 Å². The van der Waals surface area contributed by atoms with Gasteiger partial charge in [0.1, 0.15) is 5.82 Å². The molecule has 3 heteroatoms. The topological polar surface area (TPSA) is 25.8 Å². The average molecular weight is 225 g/mol. The molecule has 1 aliphatic carbocycles. The SMILES string of the molecule is Cc1cc(C2CCCC2)nc(C(C)Cl)n1. The van der Waals surface area contributed by atoms with E-state index in [2.05, 4.69) is 16.0 Å². The van der Waals surface area contributed by atoms with Gasteiger partial charge in [-0.2, -0.15) is 0 Å². The number of rotatable bonds is 2. The van der Waals surface area contributed by atoms with Crippen LogP contribution < -0.4 is 0 Å². The van der Waals surface area contributed by atoms with E-state index >= 15 is 0 Å². The molecule has 1 aromatic heterocycles. The van der Waals surface area contributed by atoms with E-state index in [9.17, 15) is 0 Å². The van der Waals surface area contributed by atoms with Crippen LogP contribution in [0.5, 0.6) is 0 Å². The summed E-state index contributed by atoms with van der Waals surface area (Å²) >= 11 is 6.03. The number of hydrogen-bond acceptors (Lipinski definition) is 2. The number of hydrogen-bond donors (Lipinski definition) is 0. The summed E-state index contributed by atoms with van der Waals surface area (Å²) in [6.07, 6.45) is 5.21. The van der Waals surface area contributed by atoms with Crippen LogP contribution in [-0.2, 0) is 0 Å². The van der Waals surface area contributed by atoms with E-state index < -0.39 is 0 Å². The zero-order chi connectivity index (χ0) is 10.8. The summed E-state index contributed by atoms with van der Waals surface area (Å²) in [6.45, 7) is 3.94. The first-order valence-electron chi connectivity index (χ1n) is 5.66. The van der Waals surface area contributed by atoms with Crippen LogP contribution in [0.2, 0.25) is 0 Å². The Morgan fingerprint density at radius 1 is 1.33 bits per heavy atom. The summed E-state index contributed by atoms with van der Waals surface area (Å²) in [5, 5.41) is -0.0925. The normalized spacial score (nSPS) is 19.4. The Bertz CT molecular complexity index is 343. The van der Waals surface area contributed by atoms with Crippen LogP contribution >= 0.6 is 11.6 Å². The lowest BCUT2D eigenvalue weighted by Crippen LogP contribution is -2.04. The molecule has 0 amide bonds. The molecule has 1 heterocycles. The third-order valence-corrected chi connectivity index (χ3v) is 3.22. The Morgan fingerprint density at radius 3 is 2.60 bits per heavy atom. The van der Waals surface area contributed by atoms with Gasteiger partial charge in [0.2, 0.25) is 0 Å². The van der Waals surface area contributed by atoms with Crippen molar-refractivity contribution in [3.63, 3.8) is 0 Å². The quantitative estimate of drug-likeness (QED) is 0.716. The number of aromatic nitrogens is 2. The second-order valence-corrected chi connectivity index (χ2v) is 5.04. The van der Waals surface area contributed by atoms with E-state index in [1.807, 2.05) is 13.8 Å². The molecular weight excluding hydrogens is 208 g/mol. The second kappa shape index (κ2) is 4.48. The molecule has 1 fully saturated rings. The van der Waals surface area contributed by atoms with Crippen LogP contribution in [0.3, 0.4) is 0 Å². The highest BCUT2D eigenvalue weighted by Crippen LogP contribution is 2.33. The minimum atomic E-state index is -0.0925. The molecule has 1 atom stereocenters. The molecule has 0 saturated heterocycles. The van der Waals surface area contributed by atoms with Gasteiger partial charge in [-0.25, -0.2) is 9.97 Å². The number of alkyl halides is 1. The van der Waals surface area contributed by atoms with Crippen LogP contribution in [0.15, 0.2) is 6.07 Å². The van der Waals surface area contributed by atoms with Gasteiger partial charge in [-0.1, -0.05) is 12.8 Å². The van der Waals surface area contributed by atoms with E-state index in [0.29, 0.717) is 5.92 Å². The van der Waals surface area contributed by atoms with Crippen molar-refractivity contribution in [3.05, 3.63) is 23.3 Å². The van der Waals surface area contributed by atoms with Gasteiger partial charge in [-0.3, -0.25) is 0 Å². The minimum absolute atomic E-state index is 0.0925. The van der Waals surface area contributed by atoms with Crippen LogP contribution in [0.4, 0.5) is 0 Å². The Balaban J connectivity index is 2.30. The van der Waals surface area contributed by atoms with Crippen molar-refractivity contribution in [2.24, 2.45) is 0 Å². The predicted octanol–water partition coefficient (Wildman–Crippen LogP) is 3.74. The summed E-state index contributed by atoms with van der Waals surface area (Å²) in [4.78, 5) is 8.93. The van der Waals surface area contributed by atoms with Gasteiger partial charge in [0, 0.05) is 17.3 Å². The monoisotopic (exact) mass is 224 g/mol. The van der Waals surface area contributed by atoms with Crippen molar-refractivity contribution < 1.29 is 0 Å². The van der Waals surface area contributed by atoms with E-state index in [1.54, 1.807) is 0 Å². The fraction of sp³-hybridized carbons (Fsp3) is 0.667. The molecule has 0 bridgehead atoms. The largest absolute Gasteiger partial charge is 0.237 e. The summed E-state index contributed by atoms with van der Waals surface area (Å²) in [5.74, 6) is 1.42. The first-order valence-corrected chi connectivity index (χ1v) is 6.10. The molecule has 1 saturated carbocycles. The summed E-state index contributed by atoms with van der Waals surface area (Å²) in [6, 6.07) is 2.11. The molecule has 1 aliphatic rings. The van der Waals surface area contributed by atoms with E-state index in [1.165, 1.54) is 31.4 Å². The maximum Gasteiger partial charge on any atom is 0.146 e. The van der Waals surface area contributed by atoms with Crippen molar-refractivity contribution in [1.29, 1.82) is 0 Å². The van der Waals surface area contributed by atoms with E-state index in [4.69, 9.17) is 11.6 Å². The zero-order valence-corrected chi connectivity index (χ0v) is 10.1.